The van der Waals surface area contributed by atoms with Crippen molar-refractivity contribution in [2.45, 2.75) is 64.7 Å². The van der Waals surface area contributed by atoms with Gasteiger partial charge in [0.2, 0.25) is 11.8 Å². The van der Waals surface area contributed by atoms with Crippen molar-refractivity contribution in [3.05, 3.63) is 11.3 Å². The summed E-state index contributed by atoms with van der Waals surface area (Å²) in [4.78, 5) is 42.7. The highest BCUT2D eigenvalue weighted by Crippen LogP contribution is 2.55. The van der Waals surface area contributed by atoms with Crippen LogP contribution >= 0.6 is 0 Å². The first kappa shape index (κ1) is 18.5. The van der Waals surface area contributed by atoms with Gasteiger partial charge in [-0.15, -0.1) is 0 Å². The normalized spacial score (nSPS) is 30.4. The largest absolute Gasteiger partial charge is 0.465 e. The van der Waals surface area contributed by atoms with E-state index >= 15 is 0 Å². The second kappa shape index (κ2) is 7.28. The fraction of sp³-hybridized carbons (Fsp3) is 0.762. The Hall–Kier alpha value is -1.85. The van der Waals surface area contributed by atoms with Crippen molar-refractivity contribution in [1.82, 2.24) is 9.80 Å². The smallest absolute Gasteiger partial charge is 0.318 e. The van der Waals surface area contributed by atoms with Gasteiger partial charge >= 0.3 is 5.97 Å². The summed E-state index contributed by atoms with van der Waals surface area (Å²) >= 11 is 0. The van der Waals surface area contributed by atoms with Crippen LogP contribution in [0.25, 0.3) is 0 Å². The Morgan fingerprint density at radius 3 is 2.63 bits per heavy atom. The van der Waals surface area contributed by atoms with E-state index in [9.17, 15) is 14.4 Å². The Labute approximate surface area is 160 Å². The monoisotopic (exact) mass is 374 g/mol. The number of allylic oxidation sites excluding steroid dienone is 1. The van der Waals surface area contributed by atoms with Crippen LogP contribution in [-0.4, -0.2) is 53.8 Å². The molecule has 2 amide bonds. The van der Waals surface area contributed by atoms with Gasteiger partial charge < -0.3 is 14.5 Å². The van der Waals surface area contributed by atoms with Gasteiger partial charge in [-0.1, -0.05) is 0 Å². The number of nitrogens with zero attached hydrogens (tertiary/aromatic N) is 2. The Kier molecular flexibility index (Phi) is 4.99. The molecule has 6 heteroatoms. The lowest BCUT2D eigenvalue weighted by atomic mass is 9.71. The van der Waals surface area contributed by atoms with Gasteiger partial charge in [-0.3, -0.25) is 14.4 Å². The molecule has 6 nitrogen and oxygen atoms in total. The Balaban J connectivity index is 1.60. The van der Waals surface area contributed by atoms with Gasteiger partial charge in [0.05, 0.1) is 6.61 Å². The van der Waals surface area contributed by atoms with E-state index in [4.69, 9.17) is 4.74 Å². The SMILES string of the molecule is CCOC(=O)[C@@]12CCC3=C1N(CCC3)C(=O)[C@H](CC(=O)N1CCCCC1)C2. The van der Waals surface area contributed by atoms with Crippen molar-refractivity contribution in [2.75, 3.05) is 26.2 Å². The number of piperidine rings is 2. The minimum Gasteiger partial charge on any atom is -0.465 e. The Morgan fingerprint density at radius 1 is 1.11 bits per heavy atom. The molecule has 0 aromatic heterocycles. The zero-order chi connectivity index (χ0) is 19.0. The number of hydrogen-bond donors (Lipinski definition) is 0. The maximum atomic E-state index is 13.2. The highest BCUT2D eigenvalue weighted by molar-refractivity contribution is 5.93. The number of esters is 1. The summed E-state index contributed by atoms with van der Waals surface area (Å²) in [5.41, 5.74) is 1.47. The van der Waals surface area contributed by atoms with Crippen LogP contribution in [0.1, 0.15) is 64.7 Å². The molecular formula is C21H30N2O4. The lowest BCUT2D eigenvalue weighted by Gasteiger charge is -2.46. The first-order valence-electron chi connectivity index (χ1n) is 10.6. The van der Waals surface area contributed by atoms with E-state index in [1.807, 2.05) is 16.7 Å². The summed E-state index contributed by atoms with van der Waals surface area (Å²) in [6, 6.07) is 0. The van der Waals surface area contributed by atoms with Crippen LogP contribution in [0.4, 0.5) is 0 Å². The summed E-state index contributed by atoms with van der Waals surface area (Å²) in [7, 11) is 0. The molecular weight excluding hydrogens is 344 g/mol. The van der Waals surface area contributed by atoms with Crippen molar-refractivity contribution in [3.8, 4) is 0 Å². The quantitative estimate of drug-likeness (QED) is 0.710. The van der Waals surface area contributed by atoms with E-state index in [2.05, 4.69) is 0 Å². The molecule has 2 saturated heterocycles. The Bertz CT molecular complexity index is 680. The molecule has 2 atom stereocenters. The summed E-state index contributed by atoms with van der Waals surface area (Å²) in [5, 5.41) is 0. The summed E-state index contributed by atoms with van der Waals surface area (Å²) in [5.74, 6) is -0.515. The van der Waals surface area contributed by atoms with Crippen molar-refractivity contribution < 1.29 is 19.1 Å². The predicted octanol–water partition coefficient (Wildman–Crippen LogP) is 2.63. The summed E-state index contributed by atoms with van der Waals surface area (Å²) in [6.07, 6.45) is 7.40. The molecule has 2 fully saturated rings. The van der Waals surface area contributed by atoms with Gasteiger partial charge in [0, 0.05) is 37.7 Å². The molecule has 0 radical (unpaired) electrons. The first-order valence-corrected chi connectivity index (χ1v) is 10.6. The van der Waals surface area contributed by atoms with Crippen LogP contribution < -0.4 is 0 Å². The third-order valence-electron chi connectivity index (χ3n) is 6.78. The van der Waals surface area contributed by atoms with E-state index in [1.165, 1.54) is 12.0 Å². The topological polar surface area (TPSA) is 66.9 Å². The lowest BCUT2D eigenvalue weighted by Crippen LogP contribution is -2.53. The molecule has 4 aliphatic rings. The summed E-state index contributed by atoms with van der Waals surface area (Å²) < 4.78 is 5.45. The maximum absolute atomic E-state index is 13.2. The maximum Gasteiger partial charge on any atom is 0.318 e. The first-order chi connectivity index (χ1) is 13.1. The number of hydrogen-bond acceptors (Lipinski definition) is 4. The second-order valence-corrected chi connectivity index (χ2v) is 8.39. The minimum absolute atomic E-state index is 0.0365. The van der Waals surface area contributed by atoms with Crippen molar-refractivity contribution >= 4 is 17.8 Å². The molecule has 0 bridgehead atoms. The van der Waals surface area contributed by atoms with E-state index in [1.54, 1.807) is 0 Å². The minimum atomic E-state index is -0.716. The molecule has 0 aromatic rings. The molecule has 0 saturated carbocycles. The fourth-order valence-corrected chi connectivity index (χ4v) is 5.54. The average molecular weight is 374 g/mol. The molecule has 148 valence electrons. The van der Waals surface area contributed by atoms with E-state index in [-0.39, 0.29) is 24.2 Å². The highest BCUT2D eigenvalue weighted by Gasteiger charge is 2.58. The highest BCUT2D eigenvalue weighted by atomic mass is 16.5. The molecule has 0 spiro atoms. The number of rotatable bonds is 4. The molecule has 27 heavy (non-hydrogen) atoms. The van der Waals surface area contributed by atoms with E-state index in [0.29, 0.717) is 26.0 Å². The zero-order valence-electron chi connectivity index (χ0n) is 16.3. The van der Waals surface area contributed by atoms with Crippen LogP contribution in [0, 0.1) is 11.3 Å². The van der Waals surface area contributed by atoms with E-state index in [0.717, 1.165) is 50.9 Å². The molecule has 4 rings (SSSR count). The Morgan fingerprint density at radius 2 is 1.89 bits per heavy atom. The molecule has 3 aliphatic heterocycles. The number of carbonyl (C=O) groups is 3. The van der Waals surface area contributed by atoms with Crippen LogP contribution in [0.5, 0.6) is 0 Å². The van der Waals surface area contributed by atoms with Gasteiger partial charge in [-0.05, 0) is 63.9 Å². The molecule has 0 unspecified atom stereocenters. The van der Waals surface area contributed by atoms with Gasteiger partial charge in [0.15, 0.2) is 0 Å². The predicted molar refractivity (Wildman–Crippen MR) is 99.4 cm³/mol. The van der Waals surface area contributed by atoms with Gasteiger partial charge in [-0.2, -0.15) is 0 Å². The van der Waals surface area contributed by atoms with E-state index < -0.39 is 11.3 Å². The van der Waals surface area contributed by atoms with Crippen molar-refractivity contribution in [1.29, 1.82) is 0 Å². The molecule has 0 aromatic carbocycles. The fourth-order valence-electron chi connectivity index (χ4n) is 5.54. The molecule has 1 aliphatic carbocycles. The average Bonchev–Trinajstić information content (AvgIpc) is 3.07. The molecule has 0 N–H and O–H groups in total. The van der Waals surface area contributed by atoms with Crippen LogP contribution in [0.2, 0.25) is 0 Å². The standard InChI is InChI=1S/C21H30N2O4/c1-2-27-20(26)21-9-8-15-7-6-12-23(18(15)21)19(25)16(14-21)13-17(24)22-10-4-3-5-11-22/h16H,2-14H2,1H3/t16-,21-/m1/s1. The third-order valence-corrected chi connectivity index (χ3v) is 6.78. The number of ether oxygens (including phenoxy) is 1. The number of amides is 2. The zero-order valence-corrected chi connectivity index (χ0v) is 16.3. The second-order valence-electron chi connectivity index (χ2n) is 8.39. The van der Waals surface area contributed by atoms with Crippen LogP contribution in [0.15, 0.2) is 11.3 Å². The molecule has 3 heterocycles. The lowest BCUT2D eigenvalue weighted by molar-refractivity contribution is -0.161. The van der Waals surface area contributed by atoms with Gasteiger partial charge in [-0.25, -0.2) is 0 Å². The van der Waals surface area contributed by atoms with Crippen molar-refractivity contribution in [2.24, 2.45) is 11.3 Å². The van der Waals surface area contributed by atoms with Crippen LogP contribution in [-0.2, 0) is 19.1 Å². The number of carbonyl (C=O) groups excluding carboxylic acids is 3. The van der Waals surface area contributed by atoms with Crippen LogP contribution in [0.3, 0.4) is 0 Å². The number of likely N-dealkylation sites (tertiary alicyclic amines) is 1. The summed E-state index contributed by atoms with van der Waals surface area (Å²) in [6.45, 7) is 4.41. The third kappa shape index (κ3) is 3.07. The van der Waals surface area contributed by atoms with Gasteiger partial charge in [0.1, 0.15) is 5.41 Å². The van der Waals surface area contributed by atoms with Gasteiger partial charge in [0.25, 0.3) is 0 Å². The van der Waals surface area contributed by atoms with Crippen molar-refractivity contribution in [3.63, 3.8) is 0 Å².